The first kappa shape index (κ1) is 23.4. The van der Waals surface area contributed by atoms with E-state index in [4.69, 9.17) is 0 Å². The standard InChI is InChI=1S/2C20H12O/c21-19-11-17-15-8-4-1-5-12(15)9-16-14-7-3-2-6-13(14)10-18(19)20(16)17;21-19-11-18-15-9-8-12-4-1-2-6-14(12)17(15)10-13-5-3-7-16(19)20(13)18/h2*1-10H,11H2/i2*11+1,19+1. The Bertz CT molecular complexity index is 2500. The second-order valence-corrected chi connectivity index (χ2v) is 11.5. The van der Waals surface area contributed by atoms with E-state index in [9.17, 15) is 9.59 Å². The second-order valence-electron chi connectivity index (χ2n) is 11.5. The summed E-state index contributed by atoms with van der Waals surface area (Å²) in [6.07, 6.45) is 1.06. The molecular weight excluding hydrogens is 516 g/mol. The van der Waals surface area contributed by atoms with Gasteiger partial charge in [-0.2, -0.15) is 0 Å². The molecule has 42 heavy (non-hydrogen) atoms. The molecule has 0 aromatic heterocycles. The van der Waals surface area contributed by atoms with Crippen molar-refractivity contribution in [2.45, 2.75) is 12.8 Å². The van der Waals surface area contributed by atoms with E-state index in [0.717, 1.165) is 27.3 Å². The minimum Gasteiger partial charge on any atom is -0.294 e. The topological polar surface area (TPSA) is 34.1 Å². The fourth-order valence-electron chi connectivity index (χ4n) is 7.40. The highest BCUT2D eigenvalue weighted by molar-refractivity contribution is 6.27. The average molecular weight is 541 g/mol. The Labute approximate surface area is 241 Å². The summed E-state index contributed by atoms with van der Waals surface area (Å²) < 4.78 is 0. The number of hydrogen-bond acceptors (Lipinski definition) is 2. The largest absolute Gasteiger partial charge is 0.294 e. The van der Waals surface area contributed by atoms with Crippen LogP contribution >= 0.6 is 0 Å². The Hall–Kier alpha value is -5.34. The van der Waals surface area contributed by atoms with Gasteiger partial charge in [-0.15, -0.1) is 0 Å². The molecule has 0 N–H and O–H groups in total. The summed E-state index contributed by atoms with van der Waals surface area (Å²) >= 11 is 0. The van der Waals surface area contributed by atoms with Gasteiger partial charge in [0.2, 0.25) is 0 Å². The van der Waals surface area contributed by atoms with Gasteiger partial charge >= 0.3 is 0 Å². The van der Waals surface area contributed by atoms with Crippen molar-refractivity contribution in [3.05, 3.63) is 144 Å². The average Bonchev–Trinajstić information content (AvgIpc) is 3.55. The van der Waals surface area contributed by atoms with E-state index in [1.54, 1.807) is 0 Å². The van der Waals surface area contributed by atoms with Crippen LogP contribution in [-0.4, -0.2) is 11.6 Å². The molecule has 2 aliphatic rings. The summed E-state index contributed by atoms with van der Waals surface area (Å²) in [7, 11) is 0. The first-order chi connectivity index (χ1) is 20.7. The van der Waals surface area contributed by atoms with E-state index in [-0.39, 0.29) is 11.6 Å². The Balaban J connectivity index is 0.000000119. The zero-order chi connectivity index (χ0) is 27.9. The van der Waals surface area contributed by atoms with E-state index >= 15 is 0 Å². The van der Waals surface area contributed by atoms with Crippen LogP contribution in [0.15, 0.2) is 121 Å². The zero-order valence-corrected chi connectivity index (χ0v) is 22.8. The molecule has 8 aromatic rings. The van der Waals surface area contributed by atoms with Crippen LogP contribution in [0, 0.1) is 0 Å². The number of benzene rings is 8. The normalized spacial score (nSPS) is 13.6. The third kappa shape index (κ3) is 3.21. The van der Waals surface area contributed by atoms with E-state index < -0.39 is 0 Å². The van der Waals surface area contributed by atoms with Crippen LogP contribution in [-0.2, 0) is 12.8 Å². The van der Waals surface area contributed by atoms with Gasteiger partial charge in [0.05, 0.1) is 0 Å². The molecule has 2 aliphatic carbocycles. The van der Waals surface area contributed by atoms with Crippen LogP contribution in [0.25, 0.3) is 64.6 Å². The highest BCUT2D eigenvalue weighted by atomic mass is 16.2. The van der Waals surface area contributed by atoms with Crippen molar-refractivity contribution in [3.63, 3.8) is 0 Å². The van der Waals surface area contributed by atoms with Gasteiger partial charge in [-0.05, 0) is 94.0 Å². The SMILES string of the molecule is O=[13C]1[13CH2]c2c3ccc4ccccc4c3cc3cccc1c23.O=[13C]1[13CH2]c2c3ccccc3cc3c2c1cc1ccccc13. The molecule has 10 rings (SSSR count). The lowest BCUT2D eigenvalue weighted by molar-refractivity contribution is 0.0992. The van der Waals surface area contributed by atoms with Crippen molar-refractivity contribution >= 4 is 76.2 Å². The van der Waals surface area contributed by atoms with Gasteiger partial charge in [-0.1, -0.05) is 103 Å². The molecule has 0 saturated carbocycles. The monoisotopic (exact) mass is 540 g/mol. The van der Waals surface area contributed by atoms with Gasteiger partial charge < -0.3 is 0 Å². The minimum absolute atomic E-state index is 0.247. The quantitative estimate of drug-likeness (QED) is 0.109. The number of carbonyl (C=O) groups excluding carboxylic acids is 2. The lowest BCUT2D eigenvalue weighted by atomic mass is 9.95. The third-order valence-electron chi connectivity index (χ3n) is 9.25. The Morgan fingerprint density at radius 3 is 1.71 bits per heavy atom. The van der Waals surface area contributed by atoms with Crippen LogP contribution in [0.2, 0.25) is 0 Å². The molecule has 0 atom stereocenters. The van der Waals surface area contributed by atoms with Gasteiger partial charge in [0.15, 0.2) is 11.6 Å². The highest BCUT2D eigenvalue weighted by Gasteiger charge is 2.26. The highest BCUT2D eigenvalue weighted by Crippen LogP contribution is 2.41. The van der Waals surface area contributed by atoms with E-state index in [0.29, 0.717) is 12.8 Å². The fourth-order valence-corrected chi connectivity index (χ4v) is 7.40. The minimum atomic E-state index is 0.247. The van der Waals surface area contributed by atoms with Gasteiger partial charge in [-0.3, -0.25) is 9.59 Å². The van der Waals surface area contributed by atoms with Crippen molar-refractivity contribution in [1.29, 1.82) is 0 Å². The molecule has 2 heteroatoms. The maximum absolute atomic E-state index is 12.4. The zero-order valence-electron chi connectivity index (χ0n) is 22.8. The number of carbonyl (C=O) groups is 2. The molecule has 0 radical (unpaired) electrons. The molecule has 0 unspecified atom stereocenters. The fraction of sp³-hybridized carbons (Fsp3) is 0.0500. The second kappa shape index (κ2) is 8.58. The van der Waals surface area contributed by atoms with Gasteiger partial charge in [0.1, 0.15) is 0 Å². The molecule has 2 nitrogen and oxygen atoms in total. The summed E-state index contributed by atoms with van der Waals surface area (Å²) in [5, 5.41) is 14.5. The molecule has 0 spiro atoms. The molecule has 196 valence electrons. The molecule has 8 aromatic carbocycles. The summed E-state index contributed by atoms with van der Waals surface area (Å²) in [5.41, 5.74) is 4.18. The first-order valence-corrected chi connectivity index (χ1v) is 14.4. The maximum atomic E-state index is 12.4. The number of Topliss-reactive ketones (excluding diaryl/α,β-unsaturated/α-hetero) is 2. The van der Waals surface area contributed by atoms with Crippen molar-refractivity contribution in [2.24, 2.45) is 0 Å². The first-order valence-electron chi connectivity index (χ1n) is 14.4. The molecule has 0 saturated heterocycles. The van der Waals surface area contributed by atoms with Crippen molar-refractivity contribution < 1.29 is 9.59 Å². The van der Waals surface area contributed by atoms with Crippen molar-refractivity contribution in [2.75, 3.05) is 0 Å². The summed E-state index contributed by atoms with van der Waals surface area (Å²) in [5.74, 6) is 0.494. The Morgan fingerprint density at radius 2 is 0.929 bits per heavy atom. The Morgan fingerprint density at radius 1 is 0.357 bits per heavy atom. The Kier molecular flexibility index (Phi) is 4.77. The molecule has 0 heterocycles. The molecule has 0 amide bonds. The van der Waals surface area contributed by atoms with Crippen LogP contribution in [0.5, 0.6) is 0 Å². The van der Waals surface area contributed by atoms with E-state index in [2.05, 4.69) is 97.1 Å². The van der Waals surface area contributed by atoms with Crippen molar-refractivity contribution in [1.82, 2.24) is 0 Å². The van der Waals surface area contributed by atoms with E-state index in [1.165, 1.54) is 59.6 Å². The van der Waals surface area contributed by atoms with Crippen LogP contribution in [0.4, 0.5) is 0 Å². The summed E-state index contributed by atoms with van der Waals surface area (Å²) in [4.78, 5) is 24.7. The number of rotatable bonds is 0. The lowest BCUT2D eigenvalue weighted by Crippen LogP contribution is -1.93. The summed E-state index contributed by atoms with van der Waals surface area (Å²) in [6, 6.07) is 42.1. The number of hydrogen-bond donors (Lipinski definition) is 0. The smallest absolute Gasteiger partial charge is 0.167 e. The predicted molar refractivity (Wildman–Crippen MR) is 174 cm³/mol. The lowest BCUT2D eigenvalue weighted by Gasteiger charge is -2.09. The van der Waals surface area contributed by atoms with Gasteiger partial charge in [-0.25, -0.2) is 0 Å². The van der Waals surface area contributed by atoms with Gasteiger partial charge in [0.25, 0.3) is 0 Å². The predicted octanol–water partition coefficient (Wildman–Crippen LogP) is 9.77. The maximum Gasteiger partial charge on any atom is 0.167 e. The third-order valence-corrected chi connectivity index (χ3v) is 9.25. The molecule has 0 aliphatic heterocycles. The molecular formula is C40H24O2. The van der Waals surface area contributed by atoms with Crippen molar-refractivity contribution in [3.8, 4) is 0 Å². The van der Waals surface area contributed by atoms with E-state index in [1.807, 2.05) is 24.3 Å². The molecule has 0 fully saturated rings. The number of ketones is 2. The van der Waals surface area contributed by atoms with Crippen LogP contribution in [0.3, 0.4) is 0 Å². The molecule has 0 bridgehead atoms. The van der Waals surface area contributed by atoms with Gasteiger partial charge in [0, 0.05) is 24.0 Å². The summed E-state index contributed by atoms with van der Waals surface area (Å²) in [6.45, 7) is 0. The van der Waals surface area contributed by atoms with Crippen LogP contribution < -0.4 is 0 Å². The van der Waals surface area contributed by atoms with Crippen LogP contribution in [0.1, 0.15) is 31.8 Å². The number of fused-ring (bicyclic) bond motifs is 8.